The average molecular weight is 515 g/mol. The maximum Gasteiger partial charge on any atom is 0.197 e. The van der Waals surface area contributed by atoms with Gasteiger partial charge in [-0.3, -0.25) is 4.79 Å². The van der Waals surface area contributed by atoms with E-state index >= 15 is 0 Å². The Balaban J connectivity index is 2.16. The van der Waals surface area contributed by atoms with Gasteiger partial charge in [0, 0.05) is 17.4 Å². The Morgan fingerprint density at radius 1 is 1.19 bits per heavy atom. The summed E-state index contributed by atoms with van der Waals surface area (Å²) in [6.45, 7) is 6.45. The molecule has 0 aliphatic carbocycles. The second kappa shape index (κ2) is 7.61. The van der Waals surface area contributed by atoms with Crippen LogP contribution in [0.2, 0.25) is 5.02 Å². The number of carbonyl (C=O) groups excluding carboxylic acids is 1. The molecular weight excluding hydrogens is 495 g/mol. The highest BCUT2D eigenvalue weighted by Crippen LogP contribution is 2.38. The van der Waals surface area contributed by atoms with Gasteiger partial charge >= 0.3 is 0 Å². The van der Waals surface area contributed by atoms with E-state index in [0.717, 1.165) is 6.42 Å². The van der Waals surface area contributed by atoms with Crippen LogP contribution in [0.25, 0.3) is 11.0 Å². The van der Waals surface area contributed by atoms with Gasteiger partial charge in [-0.2, -0.15) is 0 Å². The van der Waals surface area contributed by atoms with Crippen molar-refractivity contribution in [2.24, 2.45) is 5.41 Å². The average Bonchev–Trinajstić information content (AvgIpc) is 2.96. The summed E-state index contributed by atoms with van der Waals surface area (Å²) in [6.07, 6.45) is 1.50. The predicted molar refractivity (Wildman–Crippen MR) is 116 cm³/mol. The van der Waals surface area contributed by atoms with Crippen molar-refractivity contribution in [3.63, 3.8) is 0 Å². The fourth-order valence-corrected chi connectivity index (χ4v) is 4.29. The first kappa shape index (κ1) is 20.4. The number of hydrogen-bond donors (Lipinski definition) is 1. The summed E-state index contributed by atoms with van der Waals surface area (Å²) in [5.74, 6) is 0.527. The van der Waals surface area contributed by atoms with E-state index in [2.05, 4.69) is 52.6 Å². The van der Waals surface area contributed by atoms with Crippen LogP contribution < -0.4 is 0 Å². The molecule has 2 aromatic carbocycles. The number of para-hydroxylation sites is 1. The summed E-state index contributed by atoms with van der Waals surface area (Å²) in [5, 5.41) is 11.1. The summed E-state index contributed by atoms with van der Waals surface area (Å²) in [5.41, 5.74) is 1.61. The first-order valence-electron chi connectivity index (χ1n) is 8.51. The van der Waals surface area contributed by atoms with E-state index in [1.807, 2.05) is 12.1 Å². The number of furan rings is 1. The zero-order valence-electron chi connectivity index (χ0n) is 15.2. The van der Waals surface area contributed by atoms with E-state index in [-0.39, 0.29) is 16.9 Å². The number of hydrogen-bond acceptors (Lipinski definition) is 3. The standard InChI is InChI=1S/C21H19Br2ClO3/c1-21(2,3)8-7-16-17(12-5-4-6-15(24)20(12)27-16)18(25)11-9-13(22)19(26)14(23)10-11/h4-6,9-10,26H,7-8H2,1-3H3. The number of aryl methyl sites for hydroxylation is 1. The third-order valence-corrected chi connectivity index (χ3v) is 5.86. The summed E-state index contributed by atoms with van der Waals surface area (Å²) < 4.78 is 6.92. The molecule has 0 bridgehead atoms. The number of fused-ring (bicyclic) bond motifs is 1. The van der Waals surface area contributed by atoms with Crippen LogP contribution in [0.4, 0.5) is 0 Å². The van der Waals surface area contributed by atoms with Crippen molar-refractivity contribution in [1.82, 2.24) is 0 Å². The van der Waals surface area contributed by atoms with Crippen LogP contribution in [0.15, 0.2) is 43.7 Å². The largest absolute Gasteiger partial charge is 0.506 e. The van der Waals surface area contributed by atoms with Crippen LogP contribution in [0.1, 0.15) is 48.9 Å². The highest BCUT2D eigenvalue weighted by Gasteiger charge is 2.25. The molecule has 3 rings (SSSR count). The Kier molecular flexibility index (Phi) is 5.76. The molecule has 0 spiro atoms. The lowest BCUT2D eigenvalue weighted by atomic mass is 9.88. The summed E-state index contributed by atoms with van der Waals surface area (Å²) in [6, 6.07) is 8.64. The Hall–Kier alpha value is -1.30. The summed E-state index contributed by atoms with van der Waals surface area (Å²) in [7, 11) is 0. The van der Waals surface area contributed by atoms with Gasteiger partial charge in [0.2, 0.25) is 0 Å². The molecule has 0 amide bonds. The molecule has 142 valence electrons. The van der Waals surface area contributed by atoms with Gasteiger partial charge < -0.3 is 9.52 Å². The number of carbonyl (C=O) groups is 1. The van der Waals surface area contributed by atoms with E-state index in [9.17, 15) is 9.90 Å². The van der Waals surface area contributed by atoms with E-state index in [0.29, 0.717) is 48.2 Å². The maximum atomic E-state index is 13.4. The molecule has 0 atom stereocenters. The van der Waals surface area contributed by atoms with Gasteiger partial charge in [0.05, 0.1) is 19.5 Å². The van der Waals surface area contributed by atoms with Crippen molar-refractivity contribution in [2.45, 2.75) is 33.6 Å². The minimum absolute atomic E-state index is 0.0552. The van der Waals surface area contributed by atoms with Gasteiger partial charge in [0.25, 0.3) is 0 Å². The Labute approximate surface area is 180 Å². The molecular formula is C21H19Br2ClO3. The van der Waals surface area contributed by atoms with E-state index in [4.69, 9.17) is 16.0 Å². The van der Waals surface area contributed by atoms with Crippen LogP contribution >= 0.6 is 43.5 Å². The molecule has 0 saturated heterocycles. The third-order valence-electron chi connectivity index (χ3n) is 4.35. The van der Waals surface area contributed by atoms with Gasteiger partial charge in [-0.15, -0.1) is 0 Å². The van der Waals surface area contributed by atoms with Crippen molar-refractivity contribution in [3.05, 3.63) is 61.2 Å². The van der Waals surface area contributed by atoms with Crippen LogP contribution in [0.3, 0.4) is 0 Å². The van der Waals surface area contributed by atoms with Crippen LogP contribution in [-0.4, -0.2) is 10.9 Å². The molecule has 1 heterocycles. The molecule has 3 aromatic rings. The highest BCUT2D eigenvalue weighted by molar-refractivity contribution is 9.11. The lowest BCUT2D eigenvalue weighted by Crippen LogP contribution is -2.09. The second-order valence-electron chi connectivity index (χ2n) is 7.70. The van der Waals surface area contributed by atoms with Gasteiger partial charge in [-0.25, -0.2) is 0 Å². The number of benzene rings is 2. The van der Waals surface area contributed by atoms with E-state index in [1.54, 1.807) is 18.2 Å². The van der Waals surface area contributed by atoms with Crippen molar-refractivity contribution in [1.29, 1.82) is 0 Å². The van der Waals surface area contributed by atoms with Crippen molar-refractivity contribution < 1.29 is 14.3 Å². The molecule has 0 aliphatic heterocycles. The van der Waals surface area contributed by atoms with Crippen LogP contribution in [0.5, 0.6) is 5.75 Å². The predicted octanol–water partition coefficient (Wildman–Crippen LogP) is 7.53. The SMILES string of the molecule is CC(C)(C)CCc1oc2c(Cl)cccc2c1C(=O)c1cc(Br)c(O)c(Br)c1. The summed E-state index contributed by atoms with van der Waals surface area (Å²) >= 11 is 12.9. The zero-order valence-corrected chi connectivity index (χ0v) is 19.1. The van der Waals surface area contributed by atoms with Gasteiger partial charge in [0.15, 0.2) is 11.4 Å². The first-order valence-corrected chi connectivity index (χ1v) is 10.5. The quantitative estimate of drug-likeness (QED) is 0.366. The molecule has 6 heteroatoms. The van der Waals surface area contributed by atoms with Crippen molar-refractivity contribution in [2.75, 3.05) is 0 Å². The Morgan fingerprint density at radius 2 is 1.81 bits per heavy atom. The number of phenolic OH excluding ortho intramolecular Hbond substituents is 1. The van der Waals surface area contributed by atoms with Gasteiger partial charge in [-0.1, -0.05) is 44.5 Å². The lowest BCUT2D eigenvalue weighted by Gasteiger charge is -2.17. The van der Waals surface area contributed by atoms with Crippen molar-refractivity contribution in [3.8, 4) is 5.75 Å². The first-order chi connectivity index (χ1) is 12.6. The smallest absolute Gasteiger partial charge is 0.197 e. The fourth-order valence-electron chi connectivity index (χ4n) is 2.89. The number of phenols is 1. The molecule has 1 N–H and O–H groups in total. The molecule has 3 nitrogen and oxygen atoms in total. The molecule has 0 saturated carbocycles. The lowest BCUT2D eigenvalue weighted by molar-refractivity contribution is 0.103. The minimum Gasteiger partial charge on any atom is -0.506 e. The number of aromatic hydroxyl groups is 1. The van der Waals surface area contributed by atoms with Crippen molar-refractivity contribution >= 4 is 60.2 Å². The molecule has 0 aliphatic rings. The second-order valence-corrected chi connectivity index (χ2v) is 9.81. The monoisotopic (exact) mass is 512 g/mol. The van der Waals surface area contributed by atoms with Crippen LogP contribution in [-0.2, 0) is 6.42 Å². The zero-order chi connectivity index (χ0) is 19.9. The minimum atomic E-state index is -0.165. The fraction of sp³-hybridized carbons (Fsp3) is 0.286. The molecule has 1 aromatic heterocycles. The molecule has 0 fully saturated rings. The molecule has 0 unspecified atom stereocenters. The third kappa shape index (κ3) is 4.25. The van der Waals surface area contributed by atoms with Gasteiger partial charge in [0.1, 0.15) is 11.5 Å². The van der Waals surface area contributed by atoms with E-state index < -0.39 is 0 Å². The number of halogens is 3. The normalized spacial score (nSPS) is 11.9. The molecule has 0 radical (unpaired) electrons. The van der Waals surface area contributed by atoms with Gasteiger partial charge in [-0.05, 0) is 61.9 Å². The maximum absolute atomic E-state index is 13.4. The highest BCUT2D eigenvalue weighted by atomic mass is 79.9. The molecule has 27 heavy (non-hydrogen) atoms. The summed E-state index contributed by atoms with van der Waals surface area (Å²) in [4.78, 5) is 13.4. The van der Waals surface area contributed by atoms with E-state index in [1.165, 1.54) is 0 Å². The van der Waals surface area contributed by atoms with Crippen LogP contribution in [0, 0.1) is 5.41 Å². The number of ketones is 1. The topological polar surface area (TPSA) is 50.4 Å². The Morgan fingerprint density at radius 3 is 2.41 bits per heavy atom. The number of rotatable bonds is 4. The Bertz CT molecular complexity index is 1010.